The molecule has 0 aromatic heterocycles. The van der Waals surface area contributed by atoms with E-state index in [4.69, 9.17) is 5.11 Å². The maximum atomic E-state index is 11.1. The van der Waals surface area contributed by atoms with E-state index in [9.17, 15) is 4.79 Å². The van der Waals surface area contributed by atoms with Gasteiger partial charge in [0.15, 0.2) is 0 Å². The summed E-state index contributed by atoms with van der Waals surface area (Å²) >= 11 is 0. The van der Waals surface area contributed by atoms with Gasteiger partial charge in [0.1, 0.15) is 5.92 Å². The van der Waals surface area contributed by atoms with Crippen molar-refractivity contribution in [1.82, 2.24) is 0 Å². The van der Waals surface area contributed by atoms with Crippen LogP contribution in [0.5, 0.6) is 0 Å². The number of aliphatic carboxylic acids is 1. The van der Waals surface area contributed by atoms with Crippen molar-refractivity contribution in [1.29, 1.82) is 0 Å². The molecular formula is C14H12O2. The van der Waals surface area contributed by atoms with E-state index in [0.717, 1.165) is 16.3 Å². The third-order valence-corrected chi connectivity index (χ3v) is 2.66. The van der Waals surface area contributed by atoms with E-state index in [1.807, 2.05) is 42.5 Å². The first kappa shape index (κ1) is 10.4. The summed E-state index contributed by atoms with van der Waals surface area (Å²) in [5.41, 5.74) is 0.792. The molecule has 2 heteroatoms. The highest BCUT2D eigenvalue weighted by molar-refractivity contribution is 5.91. The molecule has 0 amide bonds. The minimum Gasteiger partial charge on any atom is -0.481 e. The fourth-order valence-corrected chi connectivity index (χ4v) is 1.88. The minimum absolute atomic E-state index is 0.647. The average Bonchev–Trinajstić information content (AvgIpc) is 2.30. The van der Waals surface area contributed by atoms with Gasteiger partial charge in [-0.05, 0) is 16.3 Å². The van der Waals surface area contributed by atoms with E-state index in [0.29, 0.717) is 0 Å². The summed E-state index contributed by atoms with van der Waals surface area (Å²) < 4.78 is 0. The van der Waals surface area contributed by atoms with Gasteiger partial charge in [0.05, 0.1) is 0 Å². The summed E-state index contributed by atoms with van der Waals surface area (Å²) in [6.45, 7) is 3.58. The monoisotopic (exact) mass is 212 g/mol. The molecule has 2 aromatic rings. The van der Waals surface area contributed by atoms with Crippen LogP contribution < -0.4 is 0 Å². The lowest BCUT2D eigenvalue weighted by molar-refractivity contribution is -0.137. The Kier molecular flexibility index (Phi) is 2.73. The molecule has 0 aliphatic rings. The Bertz CT molecular complexity index is 538. The minimum atomic E-state index is -0.869. The molecule has 1 N–H and O–H groups in total. The number of carbonyl (C=O) groups is 1. The Balaban J connectivity index is 2.68. The SMILES string of the molecule is C=CC(C(=O)O)c1cccc2ccccc12. The van der Waals surface area contributed by atoms with Crippen molar-refractivity contribution in [2.45, 2.75) is 5.92 Å². The van der Waals surface area contributed by atoms with E-state index < -0.39 is 11.9 Å². The van der Waals surface area contributed by atoms with E-state index in [1.54, 1.807) is 0 Å². The van der Waals surface area contributed by atoms with Crippen LogP contribution in [-0.2, 0) is 4.79 Å². The average molecular weight is 212 g/mol. The largest absolute Gasteiger partial charge is 0.481 e. The summed E-state index contributed by atoms with van der Waals surface area (Å²) in [6.07, 6.45) is 1.46. The quantitative estimate of drug-likeness (QED) is 0.793. The molecule has 0 heterocycles. The van der Waals surface area contributed by atoms with Gasteiger partial charge >= 0.3 is 5.97 Å². The number of carboxylic acids is 1. The first-order valence-electron chi connectivity index (χ1n) is 5.07. The summed E-state index contributed by atoms with van der Waals surface area (Å²) in [4.78, 5) is 11.1. The van der Waals surface area contributed by atoms with Crippen molar-refractivity contribution in [2.24, 2.45) is 0 Å². The zero-order chi connectivity index (χ0) is 11.5. The molecule has 0 spiro atoms. The number of rotatable bonds is 3. The third kappa shape index (κ3) is 1.70. The second-order valence-electron chi connectivity index (χ2n) is 3.62. The number of hydrogen-bond acceptors (Lipinski definition) is 1. The summed E-state index contributed by atoms with van der Waals surface area (Å²) in [7, 11) is 0. The van der Waals surface area contributed by atoms with Crippen LogP contribution >= 0.6 is 0 Å². The molecule has 0 saturated carbocycles. The number of carboxylic acid groups (broad SMARTS) is 1. The fourth-order valence-electron chi connectivity index (χ4n) is 1.88. The van der Waals surface area contributed by atoms with E-state index in [1.165, 1.54) is 6.08 Å². The van der Waals surface area contributed by atoms with Crippen LogP contribution in [0.1, 0.15) is 11.5 Å². The first-order chi connectivity index (χ1) is 7.74. The van der Waals surface area contributed by atoms with Crippen LogP contribution in [-0.4, -0.2) is 11.1 Å². The van der Waals surface area contributed by atoms with Gasteiger partial charge in [-0.1, -0.05) is 48.5 Å². The molecule has 16 heavy (non-hydrogen) atoms. The van der Waals surface area contributed by atoms with E-state index >= 15 is 0 Å². The van der Waals surface area contributed by atoms with Gasteiger partial charge in [-0.25, -0.2) is 0 Å². The molecule has 0 aliphatic carbocycles. The lowest BCUT2D eigenvalue weighted by Gasteiger charge is -2.10. The Morgan fingerprint density at radius 3 is 2.56 bits per heavy atom. The molecule has 0 aliphatic heterocycles. The Labute approximate surface area is 93.8 Å². The molecule has 2 nitrogen and oxygen atoms in total. The van der Waals surface area contributed by atoms with Gasteiger partial charge in [0.2, 0.25) is 0 Å². The highest BCUT2D eigenvalue weighted by Gasteiger charge is 2.17. The van der Waals surface area contributed by atoms with Crippen molar-refractivity contribution in [2.75, 3.05) is 0 Å². The molecule has 2 rings (SSSR count). The van der Waals surface area contributed by atoms with Crippen molar-refractivity contribution in [3.05, 3.63) is 60.7 Å². The van der Waals surface area contributed by atoms with Gasteiger partial charge in [0, 0.05) is 0 Å². The smallest absolute Gasteiger partial charge is 0.314 e. The van der Waals surface area contributed by atoms with Gasteiger partial charge in [-0.15, -0.1) is 6.58 Å². The highest BCUT2D eigenvalue weighted by atomic mass is 16.4. The van der Waals surface area contributed by atoms with Crippen molar-refractivity contribution < 1.29 is 9.90 Å². The molecule has 1 unspecified atom stereocenters. The van der Waals surface area contributed by atoms with Crippen LogP contribution in [0.3, 0.4) is 0 Å². The standard InChI is InChI=1S/C14H12O2/c1-2-11(14(15)16)13-9-5-7-10-6-3-4-8-12(10)13/h2-9,11H,1H2,(H,15,16). The van der Waals surface area contributed by atoms with Crippen LogP contribution in [0, 0.1) is 0 Å². The molecule has 0 saturated heterocycles. The van der Waals surface area contributed by atoms with Gasteiger partial charge in [-0.2, -0.15) is 0 Å². The number of fused-ring (bicyclic) bond motifs is 1. The lowest BCUT2D eigenvalue weighted by atomic mass is 9.94. The number of benzene rings is 2. The zero-order valence-corrected chi connectivity index (χ0v) is 8.76. The maximum Gasteiger partial charge on any atom is 0.314 e. The molecular weight excluding hydrogens is 200 g/mol. The molecule has 80 valence electrons. The van der Waals surface area contributed by atoms with Crippen molar-refractivity contribution in [3.8, 4) is 0 Å². The van der Waals surface area contributed by atoms with Gasteiger partial charge < -0.3 is 5.11 Å². The Morgan fingerprint density at radius 1 is 1.19 bits per heavy atom. The zero-order valence-electron chi connectivity index (χ0n) is 8.76. The molecule has 0 bridgehead atoms. The molecule has 1 atom stereocenters. The predicted molar refractivity (Wildman–Crippen MR) is 64.5 cm³/mol. The van der Waals surface area contributed by atoms with Crippen LogP contribution in [0.2, 0.25) is 0 Å². The topological polar surface area (TPSA) is 37.3 Å². The lowest BCUT2D eigenvalue weighted by Crippen LogP contribution is -2.08. The van der Waals surface area contributed by atoms with E-state index in [2.05, 4.69) is 6.58 Å². The van der Waals surface area contributed by atoms with Gasteiger partial charge in [0.25, 0.3) is 0 Å². The first-order valence-corrected chi connectivity index (χ1v) is 5.07. The third-order valence-electron chi connectivity index (χ3n) is 2.66. The van der Waals surface area contributed by atoms with Crippen LogP contribution in [0.4, 0.5) is 0 Å². The summed E-state index contributed by atoms with van der Waals surface area (Å²) in [5, 5.41) is 11.1. The van der Waals surface area contributed by atoms with Crippen LogP contribution in [0.15, 0.2) is 55.1 Å². The molecule has 0 fully saturated rings. The highest BCUT2D eigenvalue weighted by Crippen LogP contribution is 2.26. The van der Waals surface area contributed by atoms with E-state index in [-0.39, 0.29) is 0 Å². The normalized spacial score (nSPS) is 12.2. The fraction of sp³-hybridized carbons (Fsp3) is 0.0714. The Morgan fingerprint density at radius 2 is 1.88 bits per heavy atom. The van der Waals surface area contributed by atoms with Crippen molar-refractivity contribution >= 4 is 16.7 Å². The molecule has 2 aromatic carbocycles. The predicted octanol–water partition coefficient (Wildman–Crippen LogP) is 3.19. The maximum absolute atomic E-state index is 11.1. The van der Waals surface area contributed by atoms with Crippen LogP contribution in [0.25, 0.3) is 10.8 Å². The summed E-state index contributed by atoms with van der Waals surface area (Å²) in [6, 6.07) is 13.4. The Hall–Kier alpha value is -2.09. The molecule has 0 radical (unpaired) electrons. The van der Waals surface area contributed by atoms with Gasteiger partial charge in [-0.3, -0.25) is 4.79 Å². The number of hydrogen-bond donors (Lipinski definition) is 1. The second-order valence-corrected chi connectivity index (χ2v) is 3.62. The van der Waals surface area contributed by atoms with Crippen molar-refractivity contribution in [3.63, 3.8) is 0 Å². The second kappa shape index (κ2) is 4.19. The summed E-state index contributed by atoms with van der Waals surface area (Å²) in [5.74, 6) is -1.52.